The van der Waals surface area contributed by atoms with Gasteiger partial charge in [0, 0.05) is 30.4 Å². The molecular weight excluding hydrogens is 530 g/mol. The Kier molecular flexibility index (Phi) is 7.07. The fraction of sp³-hybridized carbons (Fsp3) is 0.200. The molecule has 2 N–H and O–H groups in total. The summed E-state index contributed by atoms with van der Waals surface area (Å²) >= 11 is 11.5. The first-order valence-corrected chi connectivity index (χ1v) is 12.5. The van der Waals surface area contributed by atoms with Crippen molar-refractivity contribution in [2.24, 2.45) is 0 Å². The van der Waals surface area contributed by atoms with Gasteiger partial charge in [-0.1, -0.05) is 11.6 Å². The first kappa shape index (κ1) is 25.4. The molecule has 0 unspecified atom stereocenters. The quantitative estimate of drug-likeness (QED) is 0.199. The maximum absolute atomic E-state index is 12.8. The van der Waals surface area contributed by atoms with Crippen LogP contribution in [0.25, 0.3) is 16.7 Å². The van der Waals surface area contributed by atoms with Gasteiger partial charge in [0.25, 0.3) is 11.6 Å². The molecule has 13 heteroatoms. The van der Waals surface area contributed by atoms with Crippen molar-refractivity contribution in [2.45, 2.75) is 12.8 Å². The number of thiocarbonyl (C=S) groups is 1. The van der Waals surface area contributed by atoms with Crippen LogP contribution in [0.3, 0.4) is 0 Å². The predicted octanol–water partition coefficient (Wildman–Crippen LogP) is 4.72. The molecule has 0 aliphatic carbocycles. The lowest BCUT2D eigenvalue weighted by molar-refractivity contribution is -0.384. The molecule has 1 fully saturated rings. The topological polar surface area (TPSA) is 127 Å². The number of ether oxygens (including phenoxy) is 1. The van der Waals surface area contributed by atoms with Gasteiger partial charge in [-0.05, 0) is 73.6 Å². The SMILES string of the molecule is COc1ccc(-n2nc3ccc(NC(=S)NC(=O)c4ccc(N5CCCC5)c([N+](=O)[O-])c4)cc3n2)cc1Cl. The van der Waals surface area contributed by atoms with Crippen molar-refractivity contribution in [2.75, 3.05) is 30.4 Å². The van der Waals surface area contributed by atoms with Gasteiger partial charge in [-0.3, -0.25) is 20.2 Å². The number of anilines is 2. The van der Waals surface area contributed by atoms with E-state index in [2.05, 4.69) is 20.8 Å². The number of amides is 1. The highest BCUT2D eigenvalue weighted by atomic mass is 35.5. The average molecular weight is 552 g/mol. The summed E-state index contributed by atoms with van der Waals surface area (Å²) in [5.41, 5.74) is 3.02. The maximum Gasteiger partial charge on any atom is 0.293 e. The van der Waals surface area contributed by atoms with E-state index in [-0.39, 0.29) is 16.4 Å². The number of benzene rings is 3. The lowest BCUT2D eigenvalue weighted by Crippen LogP contribution is -2.34. The number of halogens is 1. The second-order valence-electron chi connectivity index (χ2n) is 8.57. The molecule has 1 aliphatic rings. The summed E-state index contributed by atoms with van der Waals surface area (Å²) in [5.74, 6) is -0.00621. The Balaban J connectivity index is 1.28. The van der Waals surface area contributed by atoms with Crippen molar-refractivity contribution >= 4 is 62.9 Å². The van der Waals surface area contributed by atoms with E-state index in [1.54, 1.807) is 48.5 Å². The fourth-order valence-electron chi connectivity index (χ4n) is 4.26. The maximum atomic E-state index is 12.8. The molecule has 0 atom stereocenters. The van der Waals surface area contributed by atoms with Crippen LogP contribution in [0.4, 0.5) is 17.1 Å². The third-order valence-electron chi connectivity index (χ3n) is 6.11. The molecule has 1 aliphatic heterocycles. The summed E-state index contributed by atoms with van der Waals surface area (Å²) in [6.45, 7) is 1.51. The second-order valence-corrected chi connectivity index (χ2v) is 9.39. The molecule has 0 saturated carbocycles. The molecule has 1 saturated heterocycles. The van der Waals surface area contributed by atoms with E-state index in [4.69, 9.17) is 28.6 Å². The molecule has 38 heavy (non-hydrogen) atoms. The van der Waals surface area contributed by atoms with Crippen molar-refractivity contribution in [3.8, 4) is 11.4 Å². The summed E-state index contributed by atoms with van der Waals surface area (Å²) in [6, 6.07) is 14.9. The van der Waals surface area contributed by atoms with Crippen LogP contribution in [0.1, 0.15) is 23.2 Å². The van der Waals surface area contributed by atoms with Crippen LogP contribution in [0.15, 0.2) is 54.6 Å². The Morgan fingerprint density at radius 2 is 1.84 bits per heavy atom. The molecule has 1 aromatic heterocycles. The molecule has 4 aromatic rings. The third-order valence-corrected chi connectivity index (χ3v) is 6.61. The van der Waals surface area contributed by atoms with E-state index in [0.29, 0.717) is 38.9 Å². The Hall–Kier alpha value is -4.29. The van der Waals surface area contributed by atoms with Crippen LogP contribution in [-0.4, -0.2) is 51.1 Å². The highest BCUT2D eigenvalue weighted by Gasteiger charge is 2.24. The molecule has 0 spiro atoms. The van der Waals surface area contributed by atoms with Crippen LogP contribution >= 0.6 is 23.8 Å². The fourth-order valence-corrected chi connectivity index (χ4v) is 4.72. The Morgan fingerprint density at radius 1 is 1.08 bits per heavy atom. The second kappa shape index (κ2) is 10.6. The molecular formula is C25H22ClN7O4S. The minimum Gasteiger partial charge on any atom is -0.495 e. The molecule has 1 amide bonds. The number of fused-ring (bicyclic) bond motifs is 1. The summed E-state index contributed by atoms with van der Waals surface area (Å²) < 4.78 is 5.18. The Bertz CT molecular complexity index is 1570. The van der Waals surface area contributed by atoms with Crippen LogP contribution in [0.2, 0.25) is 5.02 Å². The number of aromatic nitrogens is 3. The van der Waals surface area contributed by atoms with Gasteiger partial charge in [0.15, 0.2) is 5.11 Å². The number of rotatable bonds is 6. The van der Waals surface area contributed by atoms with Gasteiger partial charge in [0.1, 0.15) is 22.5 Å². The standard InChI is InChI=1S/C25H22ClN7O4S/c1-37-23-9-6-17(14-18(23)26)32-29-19-7-5-16(13-20(19)30-32)27-25(38)28-24(34)15-4-8-21(22(12-15)33(35)36)31-10-2-3-11-31/h4-9,12-14H,2-3,10-11H2,1H3,(H2,27,28,34,38). The van der Waals surface area contributed by atoms with Crippen molar-refractivity contribution < 1.29 is 14.5 Å². The summed E-state index contributed by atoms with van der Waals surface area (Å²) in [4.78, 5) is 27.4. The van der Waals surface area contributed by atoms with E-state index in [0.717, 1.165) is 25.9 Å². The molecule has 194 valence electrons. The van der Waals surface area contributed by atoms with E-state index in [9.17, 15) is 14.9 Å². The zero-order valence-corrected chi connectivity index (χ0v) is 21.8. The first-order valence-electron chi connectivity index (χ1n) is 11.7. The monoisotopic (exact) mass is 551 g/mol. The van der Waals surface area contributed by atoms with E-state index in [1.807, 2.05) is 4.90 Å². The average Bonchev–Trinajstić information content (AvgIpc) is 3.58. The number of nitrogens with zero attached hydrogens (tertiary/aromatic N) is 5. The van der Waals surface area contributed by atoms with E-state index in [1.165, 1.54) is 18.0 Å². The number of methoxy groups -OCH3 is 1. The number of nitro groups is 1. The zero-order valence-electron chi connectivity index (χ0n) is 20.2. The number of carbonyl (C=O) groups excluding carboxylic acids is 1. The van der Waals surface area contributed by atoms with Gasteiger partial charge in [0.2, 0.25) is 0 Å². The number of hydrogen-bond donors (Lipinski definition) is 2. The van der Waals surface area contributed by atoms with Crippen LogP contribution in [0, 0.1) is 10.1 Å². The van der Waals surface area contributed by atoms with Gasteiger partial charge in [-0.2, -0.15) is 4.80 Å². The van der Waals surface area contributed by atoms with E-state index < -0.39 is 10.8 Å². The Labute approximate surface area is 227 Å². The molecule has 5 rings (SSSR count). The molecule has 3 aromatic carbocycles. The van der Waals surface area contributed by atoms with Gasteiger partial charge in [-0.25, -0.2) is 0 Å². The largest absolute Gasteiger partial charge is 0.495 e. The molecule has 0 bridgehead atoms. The molecule has 2 heterocycles. The van der Waals surface area contributed by atoms with Crippen molar-refractivity contribution in [1.29, 1.82) is 0 Å². The lowest BCUT2D eigenvalue weighted by Gasteiger charge is -2.18. The van der Waals surface area contributed by atoms with E-state index >= 15 is 0 Å². The van der Waals surface area contributed by atoms with Gasteiger partial charge in [-0.15, -0.1) is 10.2 Å². The minimum atomic E-state index is -0.554. The van der Waals surface area contributed by atoms with Crippen LogP contribution in [-0.2, 0) is 0 Å². The minimum absolute atomic E-state index is 0.0370. The Morgan fingerprint density at radius 3 is 2.55 bits per heavy atom. The summed E-state index contributed by atoms with van der Waals surface area (Å²) in [6.07, 6.45) is 1.97. The van der Waals surface area contributed by atoms with Crippen molar-refractivity contribution in [1.82, 2.24) is 20.3 Å². The molecule has 11 nitrogen and oxygen atoms in total. The highest BCUT2D eigenvalue weighted by Crippen LogP contribution is 2.32. The van der Waals surface area contributed by atoms with Crippen molar-refractivity contribution in [3.05, 3.63) is 75.3 Å². The first-order chi connectivity index (χ1) is 18.3. The van der Waals surface area contributed by atoms with Gasteiger partial charge < -0.3 is 15.0 Å². The predicted molar refractivity (Wildman–Crippen MR) is 149 cm³/mol. The van der Waals surface area contributed by atoms with Gasteiger partial charge in [0.05, 0.1) is 22.7 Å². The van der Waals surface area contributed by atoms with Crippen LogP contribution in [0.5, 0.6) is 5.75 Å². The number of nitrogens with one attached hydrogen (secondary N) is 2. The number of carbonyl (C=O) groups is 1. The zero-order chi connectivity index (χ0) is 26.8. The van der Waals surface area contributed by atoms with Crippen molar-refractivity contribution in [3.63, 3.8) is 0 Å². The summed E-state index contributed by atoms with van der Waals surface area (Å²) in [7, 11) is 1.54. The van der Waals surface area contributed by atoms with Crippen LogP contribution < -0.4 is 20.3 Å². The lowest BCUT2D eigenvalue weighted by atomic mass is 10.1. The third kappa shape index (κ3) is 5.22. The number of nitro benzene ring substituents is 1. The molecule has 0 radical (unpaired) electrons. The number of hydrogen-bond acceptors (Lipinski definition) is 8. The smallest absolute Gasteiger partial charge is 0.293 e. The highest BCUT2D eigenvalue weighted by molar-refractivity contribution is 7.80. The van der Waals surface area contributed by atoms with Gasteiger partial charge >= 0.3 is 0 Å². The summed E-state index contributed by atoms with van der Waals surface area (Å²) in [5, 5.41) is 26.6. The normalized spacial score (nSPS) is 12.9.